The van der Waals surface area contributed by atoms with Gasteiger partial charge in [-0.3, -0.25) is 4.98 Å². The molecule has 12 heavy (non-hydrogen) atoms. The molecule has 0 unspecified atom stereocenters. The van der Waals surface area contributed by atoms with Gasteiger partial charge >= 0.3 is 0 Å². The molecule has 0 aliphatic heterocycles. The molecular weight excluding hydrogens is 150 g/mol. The van der Waals surface area contributed by atoms with Crippen molar-refractivity contribution < 1.29 is 4.74 Å². The quantitative estimate of drug-likeness (QED) is 0.678. The van der Waals surface area contributed by atoms with E-state index in [2.05, 4.69) is 11.9 Å². The molecule has 1 fully saturated rings. The first-order valence-electron chi connectivity index (χ1n) is 4.25. The standard InChI is InChI=1S/C10H12NO/c1-8-2-5-10(6-11-8)12-7-9-3-4-9/h2,5-6,9H,1,3-4,7H2. The highest BCUT2D eigenvalue weighted by Crippen LogP contribution is 2.29. The summed E-state index contributed by atoms with van der Waals surface area (Å²) in [5.74, 6) is 1.65. The molecule has 1 saturated carbocycles. The summed E-state index contributed by atoms with van der Waals surface area (Å²) in [6, 6.07) is 3.78. The fourth-order valence-electron chi connectivity index (χ4n) is 0.995. The summed E-state index contributed by atoms with van der Waals surface area (Å²) in [6.45, 7) is 4.55. The number of nitrogens with zero attached hydrogens (tertiary/aromatic N) is 1. The minimum absolute atomic E-state index is 0.786. The van der Waals surface area contributed by atoms with Crippen molar-refractivity contribution in [1.29, 1.82) is 0 Å². The van der Waals surface area contributed by atoms with Gasteiger partial charge in [0.15, 0.2) is 0 Å². The lowest BCUT2D eigenvalue weighted by Crippen LogP contribution is -1.99. The van der Waals surface area contributed by atoms with Crippen LogP contribution in [0.1, 0.15) is 18.5 Å². The molecule has 1 aliphatic rings. The highest BCUT2D eigenvalue weighted by atomic mass is 16.5. The van der Waals surface area contributed by atoms with Crippen LogP contribution in [0.2, 0.25) is 0 Å². The third-order valence-corrected chi connectivity index (χ3v) is 1.98. The van der Waals surface area contributed by atoms with E-state index in [1.165, 1.54) is 12.8 Å². The molecule has 2 rings (SSSR count). The molecular formula is C10H12NO. The number of hydrogen-bond donors (Lipinski definition) is 0. The lowest BCUT2D eigenvalue weighted by molar-refractivity contribution is 0.298. The second-order valence-electron chi connectivity index (χ2n) is 3.24. The SMILES string of the molecule is [CH2]c1ccc(OCC2CC2)cn1. The van der Waals surface area contributed by atoms with Crippen LogP contribution in [0.15, 0.2) is 18.3 Å². The van der Waals surface area contributed by atoms with Gasteiger partial charge in [-0.15, -0.1) is 0 Å². The summed E-state index contributed by atoms with van der Waals surface area (Å²) in [5.41, 5.74) is 0.786. The molecule has 0 bridgehead atoms. The van der Waals surface area contributed by atoms with E-state index < -0.39 is 0 Å². The van der Waals surface area contributed by atoms with E-state index in [-0.39, 0.29) is 0 Å². The molecule has 0 atom stereocenters. The van der Waals surface area contributed by atoms with Crippen LogP contribution in [-0.4, -0.2) is 11.6 Å². The Balaban J connectivity index is 1.89. The maximum Gasteiger partial charge on any atom is 0.137 e. The van der Waals surface area contributed by atoms with E-state index in [1.54, 1.807) is 6.20 Å². The van der Waals surface area contributed by atoms with Gasteiger partial charge in [-0.05, 0) is 37.8 Å². The van der Waals surface area contributed by atoms with Crippen LogP contribution in [-0.2, 0) is 0 Å². The minimum atomic E-state index is 0.786. The summed E-state index contributed by atoms with van der Waals surface area (Å²) in [7, 11) is 0. The second-order valence-corrected chi connectivity index (χ2v) is 3.24. The van der Waals surface area contributed by atoms with Gasteiger partial charge in [0.1, 0.15) is 5.75 Å². The van der Waals surface area contributed by atoms with Crippen molar-refractivity contribution in [2.75, 3.05) is 6.61 Å². The number of hydrogen-bond acceptors (Lipinski definition) is 2. The largest absolute Gasteiger partial charge is 0.492 e. The molecule has 1 aromatic heterocycles. The van der Waals surface area contributed by atoms with Crippen molar-refractivity contribution in [3.63, 3.8) is 0 Å². The molecule has 1 heterocycles. The average Bonchev–Trinajstić information content (AvgIpc) is 2.87. The van der Waals surface area contributed by atoms with Gasteiger partial charge in [0.05, 0.1) is 12.8 Å². The Morgan fingerprint density at radius 2 is 2.33 bits per heavy atom. The van der Waals surface area contributed by atoms with E-state index in [0.717, 1.165) is 24.0 Å². The molecule has 1 aliphatic carbocycles. The molecule has 0 N–H and O–H groups in total. The fraction of sp³-hybridized carbons (Fsp3) is 0.400. The predicted molar refractivity (Wildman–Crippen MR) is 46.9 cm³/mol. The van der Waals surface area contributed by atoms with E-state index in [1.807, 2.05) is 12.1 Å². The summed E-state index contributed by atoms with van der Waals surface area (Å²) in [5, 5.41) is 0. The van der Waals surface area contributed by atoms with Gasteiger partial charge in [0.25, 0.3) is 0 Å². The minimum Gasteiger partial charge on any atom is -0.492 e. The first-order chi connectivity index (χ1) is 5.84. The average molecular weight is 162 g/mol. The molecule has 0 spiro atoms. The Morgan fingerprint density at radius 1 is 1.50 bits per heavy atom. The smallest absolute Gasteiger partial charge is 0.137 e. The first-order valence-corrected chi connectivity index (χ1v) is 4.25. The maximum atomic E-state index is 5.49. The topological polar surface area (TPSA) is 22.1 Å². The van der Waals surface area contributed by atoms with Crippen molar-refractivity contribution in [3.05, 3.63) is 30.9 Å². The molecule has 1 aromatic rings. The van der Waals surface area contributed by atoms with Gasteiger partial charge in [0, 0.05) is 5.69 Å². The van der Waals surface area contributed by atoms with Crippen LogP contribution >= 0.6 is 0 Å². The zero-order chi connectivity index (χ0) is 8.39. The lowest BCUT2D eigenvalue weighted by atomic mass is 10.4. The van der Waals surface area contributed by atoms with Crippen LogP contribution in [0.4, 0.5) is 0 Å². The van der Waals surface area contributed by atoms with Crippen LogP contribution < -0.4 is 4.74 Å². The summed E-state index contributed by atoms with van der Waals surface area (Å²) in [4.78, 5) is 4.04. The normalized spacial score (nSPS) is 16.1. The molecule has 0 amide bonds. The number of aromatic nitrogens is 1. The first kappa shape index (κ1) is 7.59. The van der Waals surface area contributed by atoms with Gasteiger partial charge in [-0.25, -0.2) is 0 Å². The molecule has 63 valence electrons. The third kappa shape index (κ3) is 1.97. The molecule has 0 aromatic carbocycles. The monoisotopic (exact) mass is 162 g/mol. The maximum absolute atomic E-state index is 5.49. The van der Waals surface area contributed by atoms with Gasteiger partial charge in [0.2, 0.25) is 0 Å². The molecule has 0 saturated heterocycles. The van der Waals surface area contributed by atoms with Crippen molar-refractivity contribution in [1.82, 2.24) is 4.98 Å². The van der Waals surface area contributed by atoms with Crippen molar-refractivity contribution >= 4 is 0 Å². The highest BCUT2D eigenvalue weighted by molar-refractivity contribution is 5.20. The Morgan fingerprint density at radius 3 is 2.92 bits per heavy atom. The Kier molecular flexibility index (Phi) is 1.98. The lowest BCUT2D eigenvalue weighted by Gasteiger charge is -2.03. The summed E-state index contributed by atoms with van der Waals surface area (Å²) < 4.78 is 5.49. The van der Waals surface area contributed by atoms with E-state index in [0.29, 0.717) is 0 Å². The number of rotatable bonds is 3. The second kappa shape index (κ2) is 3.13. The van der Waals surface area contributed by atoms with Crippen molar-refractivity contribution in [2.45, 2.75) is 12.8 Å². The van der Waals surface area contributed by atoms with Crippen LogP contribution in [0.5, 0.6) is 5.75 Å². The zero-order valence-corrected chi connectivity index (χ0v) is 6.99. The van der Waals surface area contributed by atoms with Gasteiger partial charge in [-0.1, -0.05) is 0 Å². The zero-order valence-electron chi connectivity index (χ0n) is 6.99. The van der Waals surface area contributed by atoms with Crippen LogP contribution in [0.3, 0.4) is 0 Å². The van der Waals surface area contributed by atoms with Gasteiger partial charge in [-0.2, -0.15) is 0 Å². The highest BCUT2D eigenvalue weighted by Gasteiger charge is 2.21. The Bertz CT molecular complexity index is 251. The fourth-order valence-corrected chi connectivity index (χ4v) is 0.995. The molecule has 2 nitrogen and oxygen atoms in total. The third-order valence-electron chi connectivity index (χ3n) is 1.98. The molecule has 2 heteroatoms. The van der Waals surface area contributed by atoms with Crippen LogP contribution in [0.25, 0.3) is 0 Å². The Labute approximate surface area is 72.6 Å². The van der Waals surface area contributed by atoms with E-state index in [9.17, 15) is 0 Å². The number of pyridine rings is 1. The number of ether oxygens (including phenoxy) is 1. The predicted octanol–water partition coefficient (Wildman–Crippen LogP) is 2.05. The Hall–Kier alpha value is -1.05. The van der Waals surface area contributed by atoms with Crippen LogP contribution in [0, 0.1) is 12.8 Å². The van der Waals surface area contributed by atoms with E-state index in [4.69, 9.17) is 4.74 Å². The molecule has 1 radical (unpaired) electrons. The van der Waals surface area contributed by atoms with Gasteiger partial charge < -0.3 is 4.74 Å². The van der Waals surface area contributed by atoms with Crippen molar-refractivity contribution in [2.24, 2.45) is 5.92 Å². The summed E-state index contributed by atoms with van der Waals surface area (Å²) >= 11 is 0. The van der Waals surface area contributed by atoms with E-state index >= 15 is 0 Å². The summed E-state index contributed by atoms with van der Waals surface area (Å²) in [6.07, 6.45) is 4.37. The van der Waals surface area contributed by atoms with Crippen molar-refractivity contribution in [3.8, 4) is 5.75 Å².